The molecule has 0 rings (SSSR count). The summed E-state index contributed by atoms with van der Waals surface area (Å²) in [6.07, 6.45) is -1.98. The van der Waals surface area contributed by atoms with Crippen LogP contribution in [0.5, 0.6) is 0 Å². The van der Waals surface area contributed by atoms with Crippen LogP contribution in [-0.2, 0) is 13.9 Å². The molecular weight excluding hydrogens is 342 g/mol. The van der Waals surface area contributed by atoms with Crippen molar-refractivity contribution in [2.24, 2.45) is 11.5 Å². The molecule has 0 bridgehead atoms. The maximum absolute atomic E-state index is 11.4. The van der Waals surface area contributed by atoms with Crippen LogP contribution in [0.25, 0.3) is 0 Å². The number of amides is 3. The SMILES string of the molecule is NC(=O)NCCCC(C(N)=O)N(CP(=O)(O)O)CP(=O)(O)O. The Balaban J connectivity index is 4.97. The second-order valence-corrected chi connectivity index (χ2v) is 7.78. The summed E-state index contributed by atoms with van der Waals surface area (Å²) in [6.45, 7) is 0.0682. The fraction of sp³-hybridized carbons (Fsp3) is 0.750. The van der Waals surface area contributed by atoms with Crippen molar-refractivity contribution in [1.82, 2.24) is 10.2 Å². The molecule has 12 nitrogen and oxygen atoms in total. The molecule has 3 amide bonds. The number of hydrogen-bond acceptors (Lipinski definition) is 5. The number of carbonyl (C=O) groups excluding carboxylic acids is 2. The Labute approximate surface area is 126 Å². The van der Waals surface area contributed by atoms with E-state index in [4.69, 9.17) is 31.0 Å². The van der Waals surface area contributed by atoms with Gasteiger partial charge in [-0.1, -0.05) is 0 Å². The maximum Gasteiger partial charge on any atom is 0.339 e. The van der Waals surface area contributed by atoms with Crippen LogP contribution in [0.15, 0.2) is 0 Å². The van der Waals surface area contributed by atoms with Crippen molar-refractivity contribution < 1.29 is 38.3 Å². The van der Waals surface area contributed by atoms with E-state index in [1.165, 1.54) is 0 Å². The molecule has 130 valence electrons. The zero-order chi connectivity index (χ0) is 17.6. The van der Waals surface area contributed by atoms with E-state index in [9.17, 15) is 18.7 Å². The molecule has 0 aromatic rings. The molecule has 22 heavy (non-hydrogen) atoms. The summed E-state index contributed by atoms with van der Waals surface area (Å²) in [4.78, 5) is 58.3. The number of carbonyl (C=O) groups is 2. The average molecular weight is 362 g/mol. The highest BCUT2D eigenvalue weighted by Crippen LogP contribution is 2.42. The van der Waals surface area contributed by atoms with Gasteiger partial charge in [-0.25, -0.2) is 4.79 Å². The van der Waals surface area contributed by atoms with Crippen molar-refractivity contribution in [3.8, 4) is 0 Å². The van der Waals surface area contributed by atoms with E-state index in [1.54, 1.807) is 0 Å². The summed E-state index contributed by atoms with van der Waals surface area (Å²) in [5, 5.41) is 2.24. The lowest BCUT2D eigenvalue weighted by molar-refractivity contribution is -0.122. The van der Waals surface area contributed by atoms with Crippen molar-refractivity contribution in [2.75, 3.05) is 19.1 Å². The molecule has 0 aromatic heterocycles. The van der Waals surface area contributed by atoms with Gasteiger partial charge in [0, 0.05) is 6.54 Å². The minimum atomic E-state index is -4.67. The number of primary amides is 2. The fourth-order valence-electron chi connectivity index (χ4n) is 1.73. The molecule has 0 aromatic carbocycles. The predicted octanol–water partition coefficient (Wildman–Crippen LogP) is -2.14. The number of nitrogens with one attached hydrogen (secondary N) is 1. The lowest BCUT2D eigenvalue weighted by Crippen LogP contribution is -2.46. The third-order valence-electron chi connectivity index (χ3n) is 2.45. The minimum Gasteiger partial charge on any atom is -0.368 e. The van der Waals surface area contributed by atoms with Crippen LogP contribution < -0.4 is 16.8 Å². The first-order valence-electron chi connectivity index (χ1n) is 5.97. The Kier molecular flexibility index (Phi) is 8.19. The van der Waals surface area contributed by atoms with Crippen molar-refractivity contribution in [1.29, 1.82) is 0 Å². The topological polar surface area (TPSA) is 217 Å². The van der Waals surface area contributed by atoms with Gasteiger partial charge in [0.25, 0.3) is 0 Å². The Morgan fingerprint density at radius 2 is 1.50 bits per heavy atom. The molecule has 14 heteroatoms. The van der Waals surface area contributed by atoms with Crippen LogP contribution in [0.2, 0.25) is 0 Å². The first-order chi connectivity index (χ1) is 9.82. The monoisotopic (exact) mass is 362 g/mol. The van der Waals surface area contributed by atoms with Crippen molar-refractivity contribution in [3.05, 3.63) is 0 Å². The van der Waals surface area contributed by atoms with Crippen LogP contribution in [0.3, 0.4) is 0 Å². The third kappa shape index (κ3) is 10.7. The lowest BCUT2D eigenvalue weighted by Gasteiger charge is -2.29. The molecule has 0 heterocycles. The predicted molar refractivity (Wildman–Crippen MR) is 75.5 cm³/mol. The third-order valence-corrected chi connectivity index (χ3v) is 3.92. The minimum absolute atomic E-state index is 0.0682. The number of nitrogens with two attached hydrogens (primary N) is 2. The van der Waals surface area contributed by atoms with Crippen LogP contribution >= 0.6 is 15.2 Å². The highest BCUT2D eigenvalue weighted by Gasteiger charge is 2.33. The van der Waals surface area contributed by atoms with Crippen LogP contribution in [0, 0.1) is 0 Å². The summed E-state index contributed by atoms with van der Waals surface area (Å²) in [5.41, 5.74) is 9.96. The molecule has 0 saturated carbocycles. The van der Waals surface area contributed by atoms with Gasteiger partial charge in [0.05, 0.1) is 6.04 Å². The Bertz CT molecular complexity index is 465. The zero-order valence-electron chi connectivity index (χ0n) is 11.5. The second-order valence-electron chi connectivity index (χ2n) is 4.55. The molecule has 0 saturated heterocycles. The lowest BCUT2D eigenvalue weighted by atomic mass is 10.1. The van der Waals surface area contributed by atoms with Gasteiger partial charge in [-0.15, -0.1) is 0 Å². The van der Waals surface area contributed by atoms with Gasteiger partial charge in [0.1, 0.15) is 12.6 Å². The Morgan fingerprint density at radius 3 is 1.82 bits per heavy atom. The molecule has 0 spiro atoms. The Hall–Kier alpha value is -1.00. The second kappa shape index (κ2) is 8.59. The van der Waals surface area contributed by atoms with Crippen molar-refractivity contribution >= 4 is 27.1 Å². The summed E-state index contributed by atoms with van der Waals surface area (Å²) in [6, 6.07) is -2.10. The van der Waals surface area contributed by atoms with Crippen LogP contribution in [0.1, 0.15) is 12.8 Å². The smallest absolute Gasteiger partial charge is 0.339 e. The van der Waals surface area contributed by atoms with E-state index in [1.807, 2.05) is 0 Å². The zero-order valence-corrected chi connectivity index (χ0v) is 13.3. The molecule has 0 fully saturated rings. The molecule has 9 N–H and O–H groups in total. The van der Waals surface area contributed by atoms with E-state index in [-0.39, 0.29) is 19.4 Å². The van der Waals surface area contributed by atoms with Gasteiger partial charge in [-0.05, 0) is 12.8 Å². The van der Waals surface area contributed by atoms with E-state index in [0.29, 0.717) is 4.90 Å². The summed E-state index contributed by atoms with van der Waals surface area (Å²) < 4.78 is 22.1. The standard InChI is InChI=1S/C8H20N4O8P2/c9-7(13)6(2-1-3-11-8(10)14)12(4-21(15,16)17)5-22(18,19)20/h6H,1-5H2,(H2,9,13)(H3,10,11,14)(H2,15,16,17)(H2,18,19,20). The Morgan fingerprint density at radius 1 is 1.05 bits per heavy atom. The normalized spacial score (nSPS) is 13.9. The van der Waals surface area contributed by atoms with Crippen LogP contribution in [-0.4, -0.2) is 61.6 Å². The molecule has 0 radical (unpaired) electrons. The van der Waals surface area contributed by atoms with E-state index >= 15 is 0 Å². The number of urea groups is 1. The van der Waals surface area contributed by atoms with Gasteiger partial charge in [-0.3, -0.25) is 18.8 Å². The molecule has 1 atom stereocenters. The van der Waals surface area contributed by atoms with Crippen molar-refractivity contribution in [3.63, 3.8) is 0 Å². The maximum atomic E-state index is 11.4. The van der Waals surface area contributed by atoms with Gasteiger partial charge >= 0.3 is 21.2 Å². The highest BCUT2D eigenvalue weighted by atomic mass is 31.2. The fourth-order valence-corrected chi connectivity index (χ4v) is 3.43. The number of rotatable bonds is 10. The van der Waals surface area contributed by atoms with Gasteiger partial charge in [0.15, 0.2) is 0 Å². The molecule has 0 aliphatic carbocycles. The van der Waals surface area contributed by atoms with Crippen molar-refractivity contribution in [2.45, 2.75) is 18.9 Å². The number of nitrogens with zero attached hydrogens (tertiary/aromatic N) is 1. The summed E-state index contributed by atoms with van der Waals surface area (Å²) in [5.74, 6) is -0.999. The number of hydrogen-bond donors (Lipinski definition) is 7. The van der Waals surface area contributed by atoms with Gasteiger partial charge in [0.2, 0.25) is 5.91 Å². The largest absolute Gasteiger partial charge is 0.368 e. The first-order valence-corrected chi connectivity index (χ1v) is 9.57. The highest BCUT2D eigenvalue weighted by molar-refractivity contribution is 7.52. The van der Waals surface area contributed by atoms with E-state index in [2.05, 4.69) is 5.32 Å². The first kappa shape index (κ1) is 21.0. The molecule has 0 aliphatic heterocycles. The summed E-state index contributed by atoms with van der Waals surface area (Å²) in [7, 11) is -9.34. The summed E-state index contributed by atoms with van der Waals surface area (Å²) >= 11 is 0. The molecular formula is C8H20N4O8P2. The molecule has 1 unspecified atom stereocenters. The molecule has 0 aliphatic rings. The quantitative estimate of drug-likeness (QED) is 0.166. The average Bonchev–Trinajstić information content (AvgIpc) is 2.22. The van der Waals surface area contributed by atoms with E-state index in [0.717, 1.165) is 0 Å². The van der Waals surface area contributed by atoms with Gasteiger partial charge in [-0.2, -0.15) is 0 Å². The van der Waals surface area contributed by atoms with Gasteiger partial charge < -0.3 is 36.4 Å². The van der Waals surface area contributed by atoms with Crippen LogP contribution in [0.4, 0.5) is 4.79 Å². The van der Waals surface area contributed by atoms with E-state index < -0.39 is 45.7 Å².